The summed E-state index contributed by atoms with van der Waals surface area (Å²) in [5.74, 6) is -1.19. The Labute approximate surface area is 152 Å². The van der Waals surface area contributed by atoms with Gasteiger partial charge in [-0.3, -0.25) is 9.59 Å². The zero-order valence-corrected chi connectivity index (χ0v) is 15.8. The zero-order valence-electron chi connectivity index (χ0n) is 15.0. The second-order valence-corrected chi connectivity index (χ2v) is 6.81. The summed E-state index contributed by atoms with van der Waals surface area (Å²) in [5, 5.41) is 12.1. The van der Waals surface area contributed by atoms with Gasteiger partial charge in [-0.25, -0.2) is 0 Å². The number of aliphatic carboxylic acids is 1. The van der Waals surface area contributed by atoms with Crippen LogP contribution in [0.5, 0.6) is 0 Å². The molecule has 0 aliphatic rings. The molecule has 1 atom stereocenters. The Bertz CT molecular complexity index is 766. The highest BCUT2D eigenvalue weighted by atomic mass is 32.2. The molecule has 134 valence electrons. The number of aryl methyl sites for hydroxylation is 1. The normalized spacial score (nSPS) is 12.0. The number of carboxylic acids is 1. The second kappa shape index (κ2) is 8.25. The summed E-state index contributed by atoms with van der Waals surface area (Å²) in [6.45, 7) is 6.69. The third-order valence-electron chi connectivity index (χ3n) is 4.34. The van der Waals surface area contributed by atoms with Crippen LogP contribution in [0, 0.1) is 13.8 Å². The summed E-state index contributed by atoms with van der Waals surface area (Å²) in [7, 11) is 0. The van der Waals surface area contributed by atoms with Gasteiger partial charge >= 0.3 is 5.97 Å². The molecule has 25 heavy (non-hydrogen) atoms. The van der Waals surface area contributed by atoms with Crippen LogP contribution in [0.2, 0.25) is 0 Å². The van der Waals surface area contributed by atoms with E-state index in [-0.39, 0.29) is 12.3 Å². The highest BCUT2D eigenvalue weighted by Crippen LogP contribution is 2.23. The quantitative estimate of drug-likeness (QED) is 0.737. The van der Waals surface area contributed by atoms with Gasteiger partial charge in [0, 0.05) is 22.8 Å². The van der Waals surface area contributed by atoms with Crippen molar-refractivity contribution in [3.05, 3.63) is 52.8 Å². The lowest BCUT2D eigenvalue weighted by atomic mass is 10.0. The molecule has 0 saturated heterocycles. The number of carbonyl (C=O) groups excluding carboxylic acids is 1. The van der Waals surface area contributed by atoms with Crippen molar-refractivity contribution in [1.29, 1.82) is 0 Å². The van der Waals surface area contributed by atoms with Crippen molar-refractivity contribution in [2.24, 2.45) is 0 Å². The van der Waals surface area contributed by atoms with Gasteiger partial charge in [-0.05, 0) is 50.8 Å². The number of rotatable bonds is 7. The van der Waals surface area contributed by atoms with Gasteiger partial charge in [0.05, 0.1) is 18.0 Å². The molecule has 2 N–H and O–H groups in total. The van der Waals surface area contributed by atoms with Gasteiger partial charge < -0.3 is 15.0 Å². The first-order chi connectivity index (χ1) is 11.9. The fourth-order valence-corrected chi connectivity index (χ4v) is 3.42. The zero-order chi connectivity index (χ0) is 18.6. The lowest BCUT2D eigenvalue weighted by Gasteiger charge is -2.18. The van der Waals surface area contributed by atoms with E-state index >= 15 is 0 Å². The van der Waals surface area contributed by atoms with Crippen molar-refractivity contribution < 1.29 is 14.7 Å². The lowest BCUT2D eigenvalue weighted by Crippen LogP contribution is -2.30. The van der Waals surface area contributed by atoms with Crippen LogP contribution < -0.4 is 5.32 Å². The molecule has 0 fully saturated rings. The van der Waals surface area contributed by atoms with Crippen LogP contribution in [0.4, 0.5) is 0 Å². The molecular formula is C19H24N2O3S. The van der Waals surface area contributed by atoms with Crippen molar-refractivity contribution in [2.45, 2.75) is 44.7 Å². The van der Waals surface area contributed by atoms with Crippen molar-refractivity contribution in [3.8, 4) is 0 Å². The number of amides is 1. The fraction of sp³-hybridized carbons (Fsp3) is 0.368. The van der Waals surface area contributed by atoms with Gasteiger partial charge in [-0.1, -0.05) is 12.1 Å². The van der Waals surface area contributed by atoms with E-state index in [0.717, 1.165) is 28.4 Å². The molecule has 6 heteroatoms. The third-order valence-corrected chi connectivity index (χ3v) is 5.08. The summed E-state index contributed by atoms with van der Waals surface area (Å²) in [6, 6.07) is 8.89. The lowest BCUT2D eigenvalue weighted by molar-refractivity contribution is -0.137. The first kappa shape index (κ1) is 19.1. The van der Waals surface area contributed by atoms with E-state index in [1.54, 1.807) is 11.8 Å². The molecule has 2 aromatic rings. The number of benzene rings is 1. The first-order valence-corrected chi connectivity index (χ1v) is 9.43. The molecule has 5 nitrogen and oxygen atoms in total. The van der Waals surface area contributed by atoms with Crippen LogP contribution in [0.15, 0.2) is 35.2 Å². The number of carboxylic acid groups (broad SMARTS) is 1. The Kier molecular flexibility index (Phi) is 6.31. The van der Waals surface area contributed by atoms with Gasteiger partial charge in [-0.15, -0.1) is 11.8 Å². The molecule has 1 heterocycles. The smallest absolute Gasteiger partial charge is 0.305 e. The molecule has 0 radical (unpaired) electrons. The SMILES string of the molecule is CCn1c(C)cc(C(=O)NC(CC(=O)O)c2ccc(SC)cc2)c1C. The second-order valence-electron chi connectivity index (χ2n) is 5.93. The van der Waals surface area contributed by atoms with Gasteiger partial charge in [-0.2, -0.15) is 0 Å². The molecule has 0 aliphatic heterocycles. The molecule has 0 spiro atoms. The summed E-state index contributed by atoms with van der Waals surface area (Å²) in [5.41, 5.74) is 3.29. The number of aromatic nitrogens is 1. The number of carbonyl (C=O) groups is 2. The first-order valence-electron chi connectivity index (χ1n) is 8.20. The third kappa shape index (κ3) is 4.45. The Balaban J connectivity index is 2.27. The number of hydrogen-bond acceptors (Lipinski definition) is 3. The van der Waals surface area contributed by atoms with Gasteiger partial charge in [0.15, 0.2) is 0 Å². The summed E-state index contributed by atoms with van der Waals surface area (Å²) < 4.78 is 2.06. The number of nitrogens with one attached hydrogen (secondary N) is 1. The van der Waals surface area contributed by atoms with Crippen molar-refractivity contribution in [2.75, 3.05) is 6.26 Å². The van der Waals surface area contributed by atoms with E-state index in [0.29, 0.717) is 5.56 Å². The van der Waals surface area contributed by atoms with Crippen molar-refractivity contribution >= 4 is 23.6 Å². The average Bonchev–Trinajstić information content (AvgIpc) is 2.88. The number of hydrogen-bond donors (Lipinski definition) is 2. The summed E-state index contributed by atoms with van der Waals surface area (Å²) >= 11 is 1.62. The van der Waals surface area contributed by atoms with Gasteiger partial charge in [0.1, 0.15) is 0 Å². The van der Waals surface area contributed by atoms with E-state index in [1.165, 1.54) is 0 Å². The van der Waals surface area contributed by atoms with Crippen molar-refractivity contribution in [1.82, 2.24) is 9.88 Å². The van der Waals surface area contributed by atoms with E-state index in [1.807, 2.05) is 57.4 Å². The van der Waals surface area contributed by atoms with E-state index in [2.05, 4.69) is 9.88 Å². The Morgan fingerprint density at radius 2 is 1.88 bits per heavy atom. The van der Waals surface area contributed by atoms with Crippen LogP contribution >= 0.6 is 11.8 Å². The molecule has 1 unspecified atom stereocenters. The maximum Gasteiger partial charge on any atom is 0.305 e. The number of thioether (sulfide) groups is 1. The Hall–Kier alpha value is -2.21. The Morgan fingerprint density at radius 1 is 1.24 bits per heavy atom. The maximum atomic E-state index is 12.7. The van der Waals surface area contributed by atoms with E-state index < -0.39 is 12.0 Å². The monoisotopic (exact) mass is 360 g/mol. The molecule has 1 aromatic carbocycles. The number of nitrogens with zero attached hydrogens (tertiary/aromatic N) is 1. The summed E-state index contributed by atoms with van der Waals surface area (Å²) in [4.78, 5) is 25.0. The summed E-state index contributed by atoms with van der Waals surface area (Å²) in [6.07, 6.45) is 1.83. The van der Waals surface area contributed by atoms with Crippen molar-refractivity contribution in [3.63, 3.8) is 0 Å². The molecule has 0 saturated carbocycles. The topological polar surface area (TPSA) is 71.3 Å². The highest BCUT2D eigenvalue weighted by molar-refractivity contribution is 7.98. The molecular weight excluding hydrogens is 336 g/mol. The minimum absolute atomic E-state index is 0.156. The van der Waals surface area contributed by atoms with Gasteiger partial charge in [0.25, 0.3) is 5.91 Å². The molecule has 1 amide bonds. The predicted molar refractivity (Wildman–Crippen MR) is 100 cm³/mol. The van der Waals surface area contributed by atoms with E-state index in [4.69, 9.17) is 0 Å². The van der Waals surface area contributed by atoms with Crippen LogP contribution in [0.3, 0.4) is 0 Å². The highest BCUT2D eigenvalue weighted by Gasteiger charge is 2.21. The largest absolute Gasteiger partial charge is 0.481 e. The molecule has 0 aliphatic carbocycles. The predicted octanol–water partition coefficient (Wildman–Crippen LogP) is 3.79. The fourth-order valence-electron chi connectivity index (χ4n) is 3.02. The maximum absolute atomic E-state index is 12.7. The minimum atomic E-state index is -0.946. The molecule has 0 bridgehead atoms. The van der Waals surface area contributed by atoms with Crippen LogP contribution in [-0.2, 0) is 11.3 Å². The minimum Gasteiger partial charge on any atom is -0.481 e. The van der Waals surface area contributed by atoms with Crippen LogP contribution in [-0.4, -0.2) is 27.8 Å². The van der Waals surface area contributed by atoms with Crippen LogP contribution in [0.25, 0.3) is 0 Å². The van der Waals surface area contributed by atoms with Gasteiger partial charge in [0.2, 0.25) is 0 Å². The average molecular weight is 360 g/mol. The molecule has 1 aromatic heterocycles. The Morgan fingerprint density at radius 3 is 2.36 bits per heavy atom. The molecule has 2 rings (SSSR count). The van der Waals surface area contributed by atoms with Crippen LogP contribution in [0.1, 0.15) is 46.7 Å². The standard InChI is InChI=1S/C19H24N2O3S/c1-5-21-12(2)10-16(13(21)3)19(24)20-17(11-18(22)23)14-6-8-15(25-4)9-7-14/h6-10,17H,5,11H2,1-4H3,(H,20,24)(H,22,23). The van der Waals surface area contributed by atoms with E-state index in [9.17, 15) is 14.7 Å².